The minimum Gasteiger partial charge on any atom is -0.493 e. The van der Waals surface area contributed by atoms with Crippen molar-refractivity contribution in [1.82, 2.24) is 5.01 Å². The number of amides is 1. The number of ether oxygens (including phenoxy) is 2. The second-order valence-electron chi connectivity index (χ2n) is 7.22. The van der Waals surface area contributed by atoms with Crippen LogP contribution in [-0.2, 0) is 11.3 Å². The molecule has 29 heavy (non-hydrogen) atoms. The molecule has 0 saturated heterocycles. The average Bonchev–Trinajstić information content (AvgIpc) is 2.74. The highest BCUT2D eigenvalue weighted by molar-refractivity contribution is 6.03. The minimum absolute atomic E-state index is 0.0662. The van der Waals surface area contributed by atoms with Crippen LogP contribution in [0.3, 0.4) is 0 Å². The van der Waals surface area contributed by atoms with Crippen molar-refractivity contribution in [3.05, 3.63) is 53.6 Å². The summed E-state index contributed by atoms with van der Waals surface area (Å²) in [5.41, 5.74) is 4.12. The molecule has 3 rings (SSSR count). The first-order chi connectivity index (χ1) is 14.0. The predicted octanol–water partition coefficient (Wildman–Crippen LogP) is 4.30. The van der Waals surface area contributed by atoms with Gasteiger partial charge in [0.05, 0.1) is 26.5 Å². The number of anilines is 1. The Labute approximate surface area is 172 Å². The largest absolute Gasteiger partial charge is 0.493 e. The van der Waals surface area contributed by atoms with Crippen LogP contribution in [0.15, 0.2) is 47.6 Å². The molecule has 1 unspecified atom stereocenters. The molecule has 154 valence electrons. The molecule has 0 radical (unpaired) electrons. The third-order valence-electron chi connectivity index (χ3n) is 5.18. The van der Waals surface area contributed by atoms with Crippen molar-refractivity contribution in [2.45, 2.75) is 33.2 Å². The highest BCUT2D eigenvalue weighted by atomic mass is 16.5. The highest BCUT2D eigenvalue weighted by Gasteiger charge is 2.24. The lowest BCUT2D eigenvalue weighted by Crippen LogP contribution is -2.32. The van der Waals surface area contributed by atoms with Crippen molar-refractivity contribution in [1.29, 1.82) is 0 Å². The van der Waals surface area contributed by atoms with Crippen LogP contribution in [0.25, 0.3) is 0 Å². The lowest BCUT2D eigenvalue weighted by Gasteiger charge is -2.31. The molecule has 0 fully saturated rings. The van der Waals surface area contributed by atoms with Gasteiger partial charge in [0.2, 0.25) is 5.91 Å². The van der Waals surface area contributed by atoms with Crippen molar-refractivity contribution in [3.63, 3.8) is 0 Å². The molecule has 0 bridgehead atoms. The zero-order chi connectivity index (χ0) is 20.8. The molecule has 1 aliphatic rings. The molecular weight excluding hydrogens is 366 g/mol. The van der Waals surface area contributed by atoms with E-state index >= 15 is 0 Å². The maximum absolute atomic E-state index is 11.2. The van der Waals surface area contributed by atoms with Crippen LogP contribution in [0.1, 0.15) is 37.8 Å². The fourth-order valence-corrected chi connectivity index (χ4v) is 3.63. The SMILES string of the molecule is CCC1CCN(Cc2ccc(NC(C)=O)cc2)N=C1c1ccc(OC)c(OC)c1. The highest BCUT2D eigenvalue weighted by Crippen LogP contribution is 2.31. The first-order valence-corrected chi connectivity index (χ1v) is 9.96. The van der Waals surface area contributed by atoms with Gasteiger partial charge in [-0.15, -0.1) is 0 Å². The van der Waals surface area contributed by atoms with E-state index in [9.17, 15) is 4.79 Å². The third kappa shape index (κ3) is 5.08. The van der Waals surface area contributed by atoms with Crippen molar-refractivity contribution in [2.24, 2.45) is 11.0 Å². The van der Waals surface area contributed by atoms with E-state index in [-0.39, 0.29) is 5.91 Å². The smallest absolute Gasteiger partial charge is 0.221 e. The second kappa shape index (κ2) is 9.45. The van der Waals surface area contributed by atoms with Crippen molar-refractivity contribution >= 4 is 17.3 Å². The second-order valence-corrected chi connectivity index (χ2v) is 7.22. The van der Waals surface area contributed by atoms with Crippen LogP contribution in [-0.4, -0.2) is 37.4 Å². The standard InChI is InChI=1S/C23H29N3O3/c1-5-18-12-13-26(15-17-6-9-20(10-7-17)24-16(2)27)25-23(18)19-8-11-21(28-3)22(14-19)29-4/h6-11,14,18H,5,12-13,15H2,1-4H3,(H,24,27). The van der Waals surface area contributed by atoms with Gasteiger partial charge >= 0.3 is 0 Å². The number of hydrazone groups is 1. The van der Waals surface area contributed by atoms with Gasteiger partial charge in [0, 0.05) is 30.6 Å². The maximum Gasteiger partial charge on any atom is 0.221 e. The number of carbonyl (C=O) groups is 1. The summed E-state index contributed by atoms with van der Waals surface area (Å²) in [4.78, 5) is 11.2. The molecule has 6 nitrogen and oxygen atoms in total. The van der Waals surface area contributed by atoms with Crippen molar-refractivity contribution in [2.75, 3.05) is 26.1 Å². The van der Waals surface area contributed by atoms with E-state index in [0.29, 0.717) is 11.7 Å². The van der Waals surface area contributed by atoms with Gasteiger partial charge in [-0.2, -0.15) is 5.10 Å². The van der Waals surface area contributed by atoms with Crippen LogP contribution >= 0.6 is 0 Å². The summed E-state index contributed by atoms with van der Waals surface area (Å²) in [6.45, 7) is 5.36. The molecule has 1 heterocycles. The van der Waals surface area contributed by atoms with Crippen LogP contribution in [0.4, 0.5) is 5.69 Å². The summed E-state index contributed by atoms with van der Waals surface area (Å²) >= 11 is 0. The van der Waals surface area contributed by atoms with E-state index in [2.05, 4.69) is 23.3 Å². The van der Waals surface area contributed by atoms with E-state index < -0.39 is 0 Å². The zero-order valence-electron chi connectivity index (χ0n) is 17.6. The van der Waals surface area contributed by atoms with Gasteiger partial charge < -0.3 is 14.8 Å². The molecule has 6 heteroatoms. The molecule has 1 amide bonds. The molecule has 1 aliphatic heterocycles. The zero-order valence-corrected chi connectivity index (χ0v) is 17.6. The molecule has 0 aliphatic carbocycles. The lowest BCUT2D eigenvalue weighted by atomic mass is 9.90. The van der Waals surface area contributed by atoms with Crippen LogP contribution in [0.2, 0.25) is 0 Å². The monoisotopic (exact) mass is 395 g/mol. The Morgan fingerprint density at radius 2 is 1.86 bits per heavy atom. The number of hydrogen-bond acceptors (Lipinski definition) is 5. The first kappa shape index (κ1) is 20.7. The molecule has 1 N–H and O–H groups in total. The lowest BCUT2D eigenvalue weighted by molar-refractivity contribution is -0.114. The van der Waals surface area contributed by atoms with Gasteiger partial charge in [-0.1, -0.05) is 19.1 Å². The fourth-order valence-electron chi connectivity index (χ4n) is 3.63. The van der Waals surface area contributed by atoms with Gasteiger partial charge in [0.1, 0.15) is 0 Å². The minimum atomic E-state index is -0.0662. The van der Waals surface area contributed by atoms with Gasteiger partial charge in [-0.05, 0) is 48.7 Å². The predicted molar refractivity (Wildman–Crippen MR) is 116 cm³/mol. The normalized spacial score (nSPS) is 16.2. The summed E-state index contributed by atoms with van der Waals surface area (Å²) in [6.07, 6.45) is 2.11. The fraction of sp³-hybridized carbons (Fsp3) is 0.391. The molecule has 2 aromatic rings. The Hall–Kier alpha value is -3.02. The maximum atomic E-state index is 11.2. The van der Waals surface area contributed by atoms with Gasteiger partial charge in [0.15, 0.2) is 11.5 Å². The number of methoxy groups -OCH3 is 2. The summed E-state index contributed by atoms with van der Waals surface area (Å²) < 4.78 is 10.8. The number of nitrogens with one attached hydrogen (secondary N) is 1. The molecule has 1 atom stereocenters. The number of rotatable bonds is 7. The van der Waals surface area contributed by atoms with E-state index in [1.54, 1.807) is 14.2 Å². The Morgan fingerprint density at radius 3 is 2.48 bits per heavy atom. The Morgan fingerprint density at radius 1 is 1.14 bits per heavy atom. The topological polar surface area (TPSA) is 63.2 Å². The molecular formula is C23H29N3O3. The Kier molecular flexibility index (Phi) is 6.75. The first-order valence-electron chi connectivity index (χ1n) is 9.96. The van der Waals surface area contributed by atoms with Crippen molar-refractivity contribution < 1.29 is 14.3 Å². The quantitative estimate of drug-likeness (QED) is 0.759. The Balaban J connectivity index is 1.82. The molecule has 0 saturated carbocycles. The van der Waals surface area contributed by atoms with E-state index in [0.717, 1.165) is 54.2 Å². The summed E-state index contributed by atoms with van der Waals surface area (Å²) in [5, 5.41) is 9.90. The molecule has 2 aromatic carbocycles. The van der Waals surface area contributed by atoms with Gasteiger partial charge in [-0.3, -0.25) is 9.80 Å². The van der Waals surface area contributed by atoms with Crippen LogP contribution in [0.5, 0.6) is 11.5 Å². The molecule has 0 aromatic heterocycles. The number of carbonyl (C=O) groups excluding carboxylic acids is 1. The van der Waals surface area contributed by atoms with E-state index in [1.165, 1.54) is 6.92 Å². The number of hydrogen-bond donors (Lipinski definition) is 1. The average molecular weight is 396 g/mol. The van der Waals surface area contributed by atoms with E-state index in [4.69, 9.17) is 14.6 Å². The van der Waals surface area contributed by atoms with E-state index in [1.807, 2.05) is 36.4 Å². The van der Waals surface area contributed by atoms with Gasteiger partial charge in [0.25, 0.3) is 0 Å². The van der Waals surface area contributed by atoms with Gasteiger partial charge in [-0.25, -0.2) is 0 Å². The summed E-state index contributed by atoms with van der Waals surface area (Å²) in [6, 6.07) is 13.9. The Bertz CT molecular complexity index is 877. The van der Waals surface area contributed by atoms with Crippen LogP contribution in [0, 0.1) is 5.92 Å². The number of nitrogens with zero attached hydrogens (tertiary/aromatic N) is 2. The van der Waals surface area contributed by atoms with Crippen LogP contribution < -0.4 is 14.8 Å². The van der Waals surface area contributed by atoms with Crippen molar-refractivity contribution in [3.8, 4) is 11.5 Å². The summed E-state index contributed by atoms with van der Waals surface area (Å²) in [7, 11) is 3.29. The summed E-state index contributed by atoms with van der Waals surface area (Å²) in [5.74, 6) is 1.79. The molecule has 0 spiro atoms. The third-order valence-corrected chi connectivity index (χ3v) is 5.18. The number of benzene rings is 2.